The van der Waals surface area contributed by atoms with Gasteiger partial charge in [0.2, 0.25) is 0 Å². The summed E-state index contributed by atoms with van der Waals surface area (Å²) in [6.07, 6.45) is 22.1. The first-order chi connectivity index (χ1) is 15.9. The Morgan fingerprint density at radius 1 is 0.618 bits per heavy atom. The fourth-order valence-electron chi connectivity index (χ4n) is 4.44. The molecule has 190 valence electrons. The van der Waals surface area contributed by atoms with Gasteiger partial charge >= 0.3 is 40.0 Å². The van der Waals surface area contributed by atoms with Crippen LogP contribution in [0.3, 0.4) is 0 Å². The molecule has 2 N–H and O–H groups in total. The number of aryl methyl sites for hydroxylation is 2. The van der Waals surface area contributed by atoms with Crippen LogP contribution in [0.25, 0.3) is 10.8 Å². The van der Waals surface area contributed by atoms with Crippen molar-refractivity contribution < 1.29 is 17.5 Å². The number of rotatable bonds is 16. The molecular weight excluding hydrogens is 455 g/mol. The summed E-state index contributed by atoms with van der Waals surface area (Å²) in [5, 5.41) is 2.93. The Kier molecular flexibility index (Phi) is 20.5. The van der Waals surface area contributed by atoms with E-state index >= 15 is 0 Å². The topological polar surface area (TPSA) is 74.6 Å². The summed E-state index contributed by atoms with van der Waals surface area (Å²) in [7, 11) is -4.67. The zero-order chi connectivity index (χ0) is 24.4. The molecule has 0 heterocycles. The summed E-state index contributed by atoms with van der Waals surface area (Å²) < 4.78 is 31.6. The van der Waals surface area contributed by atoms with Crippen molar-refractivity contribution >= 4 is 50.7 Å². The molecule has 6 heteroatoms. The van der Waals surface area contributed by atoms with Gasteiger partial charge < -0.3 is 0 Å². The van der Waals surface area contributed by atoms with Gasteiger partial charge in [0.15, 0.2) is 0 Å². The molecule has 2 rings (SSSR count). The third-order valence-corrected chi connectivity index (χ3v) is 6.22. The van der Waals surface area contributed by atoms with Crippen molar-refractivity contribution in [3.63, 3.8) is 0 Å². The number of hydrogen-bond donors (Lipinski definition) is 2. The van der Waals surface area contributed by atoms with E-state index in [1.807, 2.05) is 0 Å². The van der Waals surface area contributed by atoms with Gasteiger partial charge in [0, 0.05) is 0 Å². The van der Waals surface area contributed by atoms with Crippen molar-refractivity contribution in [2.24, 2.45) is 0 Å². The van der Waals surface area contributed by atoms with Crippen LogP contribution in [0.4, 0.5) is 0 Å². The molecule has 0 saturated heterocycles. The van der Waals surface area contributed by atoms with Crippen molar-refractivity contribution in [1.29, 1.82) is 0 Å². The van der Waals surface area contributed by atoms with E-state index in [0.717, 1.165) is 0 Å². The summed E-state index contributed by atoms with van der Waals surface area (Å²) >= 11 is 0. The molecule has 0 aliphatic carbocycles. The first kappa shape index (κ1) is 33.6. The molecule has 0 bridgehead atoms. The molecular formula is C28H47NaO4S. The molecule has 0 saturated carbocycles. The average Bonchev–Trinajstić information content (AvgIpc) is 2.77. The van der Waals surface area contributed by atoms with E-state index in [1.54, 1.807) is 11.1 Å². The van der Waals surface area contributed by atoms with Gasteiger partial charge in [-0.3, -0.25) is 9.11 Å². The Bertz CT molecular complexity index is 860. The number of hydrogen-bond acceptors (Lipinski definition) is 2. The van der Waals surface area contributed by atoms with E-state index < -0.39 is 10.4 Å². The number of fused-ring (bicyclic) bond motifs is 1. The van der Waals surface area contributed by atoms with E-state index in [0.29, 0.717) is 0 Å². The Labute approximate surface area is 231 Å². The van der Waals surface area contributed by atoms with Crippen LogP contribution in [-0.2, 0) is 23.2 Å². The Morgan fingerprint density at radius 2 is 1.06 bits per heavy atom. The molecule has 2 aromatic rings. The van der Waals surface area contributed by atoms with E-state index in [9.17, 15) is 0 Å². The Balaban J connectivity index is 0.00000164. The van der Waals surface area contributed by atoms with E-state index in [-0.39, 0.29) is 29.6 Å². The molecule has 2 aromatic carbocycles. The van der Waals surface area contributed by atoms with Gasteiger partial charge in [-0.1, -0.05) is 127 Å². The normalized spacial score (nSPS) is 11.1. The second-order valence-electron chi connectivity index (χ2n) is 9.11. The van der Waals surface area contributed by atoms with Gasteiger partial charge in [0.05, 0.1) is 0 Å². The van der Waals surface area contributed by atoms with Crippen molar-refractivity contribution in [2.75, 3.05) is 0 Å². The minimum absolute atomic E-state index is 0. The van der Waals surface area contributed by atoms with Crippen molar-refractivity contribution in [3.05, 3.63) is 47.5 Å². The third-order valence-electron chi connectivity index (χ3n) is 6.22. The second-order valence-corrected chi connectivity index (χ2v) is 10.0. The van der Waals surface area contributed by atoms with Crippen LogP contribution in [0.2, 0.25) is 0 Å². The first-order valence-electron chi connectivity index (χ1n) is 13.1. The Hall–Kier alpha value is -0.430. The zero-order valence-corrected chi connectivity index (χ0v) is 21.7. The van der Waals surface area contributed by atoms with Gasteiger partial charge in [-0.15, -0.1) is 0 Å². The monoisotopic (exact) mass is 502 g/mol. The molecule has 0 radical (unpaired) electrons. The van der Waals surface area contributed by atoms with Crippen LogP contribution in [0, 0.1) is 0 Å². The quantitative estimate of drug-likeness (QED) is 0.138. The molecule has 4 nitrogen and oxygen atoms in total. The van der Waals surface area contributed by atoms with Gasteiger partial charge in [0.25, 0.3) is 0 Å². The van der Waals surface area contributed by atoms with Crippen LogP contribution in [0.15, 0.2) is 36.4 Å². The van der Waals surface area contributed by atoms with Gasteiger partial charge in [0.1, 0.15) is 0 Å². The van der Waals surface area contributed by atoms with Gasteiger partial charge in [-0.2, -0.15) is 8.42 Å². The average molecular weight is 503 g/mol. The second kappa shape index (κ2) is 20.7. The predicted molar refractivity (Wildman–Crippen MR) is 149 cm³/mol. The molecule has 0 fully saturated rings. The molecule has 0 aromatic heterocycles. The van der Waals surface area contributed by atoms with Crippen molar-refractivity contribution in [2.45, 2.75) is 117 Å². The molecule has 0 amide bonds. The standard InChI is InChI=1S/C28H44.Na.H2O4S.H/c1-3-5-7-9-11-13-15-19-25-23-24-26-20-17-18-22-28(26)27(25)21-16-14-12-10-8-6-4-2;;1-5(2,3)4;/h17-18,20,22-24H,3-16,19,21H2,1-2H3;;(H2,1,2,3,4);. The third kappa shape index (κ3) is 17.1. The molecule has 0 spiro atoms. The number of unbranched alkanes of at least 4 members (excludes halogenated alkanes) is 12. The molecule has 0 aliphatic heterocycles. The first-order valence-corrected chi connectivity index (χ1v) is 14.5. The van der Waals surface area contributed by atoms with Crippen LogP contribution in [0.1, 0.15) is 115 Å². The van der Waals surface area contributed by atoms with Gasteiger partial charge in [-0.05, 0) is 47.6 Å². The predicted octanol–water partition coefficient (Wildman–Crippen LogP) is 8.12. The molecule has 0 aliphatic rings. The summed E-state index contributed by atoms with van der Waals surface area (Å²) in [6.45, 7) is 4.60. The van der Waals surface area contributed by atoms with Crippen LogP contribution < -0.4 is 0 Å². The van der Waals surface area contributed by atoms with Crippen LogP contribution >= 0.6 is 0 Å². The summed E-state index contributed by atoms with van der Waals surface area (Å²) in [5.74, 6) is 0. The summed E-state index contributed by atoms with van der Waals surface area (Å²) in [6, 6.07) is 13.8. The van der Waals surface area contributed by atoms with E-state index in [4.69, 9.17) is 17.5 Å². The maximum atomic E-state index is 8.74. The van der Waals surface area contributed by atoms with Crippen molar-refractivity contribution in [3.8, 4) is 0 Å². The van der Waals surface area contributed by atoms with E-state index in [2.05, 4.69) is 50.2 Å². The van der Waals surface area contributed by atoms with Crippen LogP contribution in [-0.4, -0.2) is 47.1 Å². The Morgan fingerprint density at radius 3 is 1.59 bits per heavy atom. The minimum atomic E-state index is -4.67. The summed E-state index contributed by atoms with van der Waals surface area (Å²) in [5.41, 5.74) is 3.27. The fourth-order valence-corrected chi connectivity index (χ4v) is 4.44. The molecule has 0 atom stereocenters. The fraction of sp³-hybridized carbons (Fsp3) is 0.643. The van der Waals surface area contributed by atoms with Crippen molar-refractivity contribution in [1.82, 2.24) is 0 Å². The molecule has 0 unspecified atom stereocenters. The van der Waals surface area contributed by atoms with Crippen LogP contribution in [0.5, 0.6) is 0 Å². The maximum absolute atomic E-state index is 8.74. The molecule has 34 heavy (non-hydrogen) atoms. The number of benzene rings is 2. The van der Waals surface area contributed by atoms with E-state index in [1.165, 1.54) is 114 Å². The summed E-state index contributed by atoms with van der Waals surface area (Å²) in [4.78, 5) is 0. The zero-order valence-electron chi connectivity index (χ0n) is 20.9. The SMILES string of the molecule is CCCCCCCCCc1ccc2ccccc2c1CCCCCCCCC.O=S(=O)(O)O.[NaH]. The van der Waals surface area contributed by atoms with Gasteiger partial charge in [-0.25, -0.2) is 0 Å².